The van der Waals surface area contributed by atoms with Gasteiger partial charge in [0.25, 0.3) is 0 Å². The van der Waals surface area contributed by atoms with E-state index in [1.165, 1.54) is 6.20 Å². The van der Waals surface area contributed by atoms with Gasteiger partial charge in [-0.15, -0.1) is 13.2 Å². The van der Waals surface area contributed by atoms with Gasteiger partial charge in [-0.1, -0.05) is 15.9 Å². The number of aliphatic hydroxyl groups is 1. The molecule has 3 nitrogen and oxygen atoms in total. The largest absolute Gasteiger partial charge is 0.573 e. The summed E-state index contributed by atoms with van der Waals surface area (Å²) < 4.78 is 40.4. The van der Waals surface area contributed by atoms with Crippen molar-refractivity contribution in [3.05, 3.63) is 21.0 Å². The van der Waals surface area contributed by atoms with Gasteiger partial charge in [-0.2, -0.15) is 0 Å². The van der Waals surface area contributed by atoms with Crippen LogP contribution in [0, 0.1) is 3.70 Å². The monoisotopic (exact) mass is 411 g/mol. The number of pyridine rings is 1. The van der Waals surface area contributed by atoms with Gasteiger partial charge in [-0.25, -0.2) is 4.98 Å². The quantitative estimate of drug-likeness (QED) is 0.472. The number of halogens is 5. The van der Waals surface area contributed by atoms with Crippen molar-refractivity contribution in [1.29, 1.82) is 0 Å². The second-order valence-electron chi connectivity index (χ2n) is 2.72. The fourth-order valence-corrected chi connectivity index (χ4v) is 2.23. The van der Waals surface area contributed by atoms with E-state index in [9.17, 15) is 13.2 Å². The molecule has 0 saturated carbocycles. The Morgan fingerprint density at radius 3 is 2.56 bits per heavy atom. The predicted octanol–water partition coefficient (Wildman–Crippen LogP) is 2.97. The summed E-state index contributed by atoms with van der Waals surface area (Å²) in [6.45, 7) is -0.390. The lowest BCUT2D eigenvalue weighted by atomic mass is 10.1. The van der Waals surface area contributed by atoms with E-state index < -0.39 is 6.36 Å². The van der Waals surface area contributed by atoms with Gasteiger partial charge in [0.2, 0.25) is 0 Å². The highest BCUT2D eigenvalue weighted by molar-refractivity contribution is 14.1. The van der Waals surface area contributed by atoms with Crippen LogP contribution in [0.25, 0.3) is 0 Å². The van der Waals surface area contributed by atoms with Crippen LogP contribution in [0.3, 0.4) is 0 Å². The van der Waals surface area contributed by atoms with Gasteiger partial charge in [-0.05, 0) is 22.6 Å². The third-order valence-corrected chi connectivity index (χ3v) is 3.03. The van der Waals surface area contributed by atoms with E-state index in [4.69, 9.17) is 5.11 Å². The molecule has 1 N–H and O–H groups in total. The molecule has 16 heavy (non-hydrogen) atoms. The van der Waals surface area contributed by atoms with Crippen molar-refractivity contribution in [1.82, 2.24) is 4.98 Å². The molecule has 0 radical (unpaired) electrons. The fourth-order valence-electron chi connectivity index (χ4n) is 1.04. The molecule has 8 heteroatoms. The summed E-state index contributed by atoms with van der Waals surface area (Å²) in [6, 6.07) is 0. The molecule has 90 valence electrons. The molecule has 0 amide bonds. The van der Waals surface area contributed by atoms with E-state index in [0.29, 0.717) is 5.56 Å². The molecular formula is C8H6BrF3INO2. The molecule has 0 atom stereocenters. The molecule has 0 aromatic carbocycles. The highest BCUT2D eigenvalue weighted by Crippen LogP contribution is 2.33. The van der Waals surface area contributed by atoms with Crippen LogP contribution in [0.5, 0.6) is 5.75 Å². The van der Waals surface area contributed by atoms with Gasteiger partial charge in [0, 0.05) is 22.7 Å². The van der Waals surface area contributed by atoms with Crippen LogP contribution in [-0.4, -0.2) is 16.5 Å². The molecule has 0 bridgehead atoms. The number of alkyl halides is 4. The standard InChI is InChI=1S/C8H6BrF3INO2/c9-1-5-4(3-15)2-14-7(13)6(5)16-8(10,11)12/h2,15H,1,3H2. The fraction of sp³-hybridized carbons (Fsp3) is 0.375. The topological polar surface area (TPSA) is 42.4 Å². The maximum Gasteiger partial charge on any atom is 0.573 e. The molecule has 0 unspecified atom stereocenters. The first-order chi connectivity index (χ1) is 7.39. The molecule has 0 aliphatic rings. The van der Waals surface area contributed by atoms with Crippen LogP contribution < -0.4 is 4.74 Å². The summed E-state index contributed by atoms with van der Waals surface area (Å²) in [6.07, 6.45) is -3.45. The van der Waals surface area contributed by atoms with Crippen LogP contribution >= 0.6 is 38.5 Å². The van der Waals surface area contributed by atoms with Crippen molar-refractivity contribution in [3.63, 3.8) is 0 Å². The van der Waals surface area contributed by atoms with Crippen LogP contribution in [0.4, 0.5) is 13.2 Å². The van der Waals surface area contributed by atoms with Crippen molar-refractivity contribution in [2.24, 2.45) is 0 Å². The van der Waals surface area contributed by atoms with Crippen molar-refractivity contribution >= 4 is 38.5 Å². The van der Waals surface area contributed by atoms with E-state index in [1.807, 2.05) is 0 Å². The number of hydrogen-bond acceptors (Lipinski definition) is 3. The number of nitrogens with zero attached hydrogens (tertiary/aromatic N) is 1. The van der Waals surface area contributed by atoms with Gasteiger partial charge >= 0.3 is 6.36 Å². The van der Waals surface area contributed by atoms with Gasteiger partial charge in [0.1, 0.15) is 3.70 Å². The molecule has 1 rings (SSSR count). The van der Waals surface area contributed by atoms with Crippen LogP contribution in [-0.2, 0) is 11.9 Å². The number of hydrogen-bond donors (Lipinski definition) is 1. The number of rotatable bonds is 3. The molecular weight excluding hydrogens is 406 g/mol. The highest BCUT2D eigenvalue weighted by Gasteiger charge is 2.33. The summed E-state index contributed by atoms with van der Waals surface area (Å²) in [7, 11) is 0. The van der Waals surface area contributed by atoms with Crippen molar-refractivity contribution in [2.45, 2.75) is 18.3 Å². The normalized spacial score (nSPS) is 11.6. The van der Waals surface area contributed by atoms with E-state index in [0.717, 1.165) is 0 Å². The highest BCUT2D eigenvalue weighted by atomic mass is 127. The van der Waals surface area contributed by atoms with Crippen molar-refractivity contribution in [3.8, 4) is 5.75 Å². The van der Waals surface area contributed by atoms with Crippen molar-refractivity contribution in [2.75, 3.05) is 0 Å². The molecule has 0 aliphatic carbocycles. The zero-order chi connectivity index (χ0) is 12.3. The Morgan fingerprint density at radius 1 is 1.50 bits per heavy atom. The summed E-state index contributed by atoms with van der Waals surface area (Å²) in [5, 5.41) is 9.11. The zero-order valence-corrected chi connectivity index (χ0v) is 11.4. The molecule has 0 spiro atoms. The first-order valence-electron chi connectivity index (χ1n) is 3.98. The second kappa shape index (κ2) is 5.50. The van der Waals surface area contributed by atoms with E-state index in [-0.39, 0.29) is 27.0 Å². The summed E-state index contributed by atoms with van der Waals surface area (Å²) in [5.74, 6) is -0.364. The Hall–Kier alpha value is -0.0900. The van der Waals surface area contributed by atoms with Gasteiger partial charge in [0.05, 0.1) is 6.61 Å². The Bertz CT molecular complexity index is 386. The van der Waals surface area contributed by atoms with E-state index in [2.05, 4.69) is 25.7 Å². The minimum absolute atomic E-state index is 0.0987. The lowest BCUT2D eigenvalue weighted by Gasteiger charge is -2.15. The smallest absolute Gasteiger partial charge is 0.403 e. The first kappa shape index (κ1) is 14.0. The SMILES string of the molecule is OCc1cnc(I)c(OC(F)(F)F)c1CBr. The van der Waals surface area contributed by atoms with Crippen LogP contribution in [0.15, 0.2) is 6.20 Å². The maximum atomic E-state index is 12.1. The Labute approximate surface area is 111 Å². The average molecular weight is 412 g/mol. The average Bonchev–Trinajstić information content (AvgIpc) is 2.19. The first-order valence-corrected chi connectivity index (χ1v) is 6.18. The molecule has 0 aliphatic heterocycles. The molecule has 0 saturated heterocycles. The molecule has 1 aromatic rings. The molecule has 1 heterocycles. The van der Waals surface area contributed by atoms with Gasteiger partial charge in [0.15, 0.2) is 5.75 Å². The predicted molar refractivity (Wildman–Crippen MR) is 62.2 cm³/mol. The number of aromatic nitrogens is 1. The molecule has 1 aromatic heterocycles. The lowest BCUT2D eigenvalue weighted by molar-refractivity contribution is -0.275. The second-order valence-corrected chi connectivity index (χ2v) is 4.30. The number of ether oxygens (including phenoxy) is 1. The summed E-state index contributed by atoms with van der Waals surface area (Å²) in [5.41, 5.74) is 0.552. The minimum atomic E-state index is -4.77. The third-order valence-electron chi connectivity index (χ3n) is 1.70. The lowest BCUT2D eigenvalue weighted by Crippen LogP contribution is -2.19. The van der Waals surface area contributed by atoms with Crippen molar-refractivity contribution < 1.29 is 23.0 Å². The number of aliphatic hydroxyl groups excluding tert-OH is 1. The summed E-state index contributed by atoms with van der Waals surface area (Å²) in [4.78, 5) is 3.72. The van der Waals surface area contributed by atoms with E-state index >= 15 is 0 Å². The van der Waals surface area contributed by atoms with E-state index in [1.54, 1.807) is 22.6 Å². The Morgan fingerprint density at radius 2 is 2.12 bits per heavy atom. The summed E-state index contributed by atoms with van der Waals surface area (Å²) >= 11 is 4.70. The Kier molecular flexibility index (Phi) is 4.80. The maximum absolute atomic E-state index is 12.1. The molecule has 0 fully saturated rings. The van der Waals surface area contributed by atoms with Crippen LogP contribution in [0.1, 0.15) is 11.1 Å². The zero-order valence-electron chi connectivity index (χ0n) is 7.68. The Balaban J connectivity index is 3.23. The van der Waals surface area contributed by atoms with Crippen LogP contribution in [0.2, 0.25) is 0 Å². The van der Waals surface area contributed by atoms with Gasteiger partial charge in [-0.3, -0.25) is 0 Å². The third kappa shape index (κ3) is 3.45. The minimum Gasteiger partial charge on any atom is -0.403 e. The van der Waals surface area contributed by atoms with Gasteiger partial charge < -0.3 is 9.84 Å².